The highest BCUT2D eigenvalue weighted by molar-refractivity contribution is 5.41. The highest BCUT2D eigenvalue weighted by atomic mass is 19.3. The highest BCUT2D eigenvalue weighted by Crippen LogP contribution is 2.12. The molecule has 0 radical (unpaired) electrons. The lowest BCUT2D eigenvalue weighted by molar-refractivity contribution is 0.00980. The van der Waals surface area contributed by atoms with Crippen LogP contribution in [0.4, 0.5) is 13.2 Å². The Morgan fingerprint density at radius 2 is 2.11 bits per heavy atom. The van der Waals surface area contributed by atoms with E-state index < -0.39 is 18.8 Å². The standard InChI is InChI=1S/C13H13F3O2/c14-12-5-4-11(8-18-9-13(15)16)10(7-12)3-1-2-6-17/h4-5,7,13,17H,2,6,8-9H2. The largest absolute Gasteiger partial charge is 0.395 e. The van der Waals surface area contributed by atoms with Gasteiger partial charge in [-0.15, -0.1) is 0 Å². The normalized spacial score (nSPS) is 10.3. The number of rotatable bonds is 5. The summed E-state index contributed by atoms with van der Waals surface area (Å²) in [6, 6.07) is 3.88. The van der Waals surface area contributed by atoms with E-state index in [2.05, 4.69) is 11.8 Å². The Balaban J connectivity index is 2.74. The van der Waals surface area contributed by atoms with Crippen molar-refractivity contribution < 1.29 is 23.0 Å². The molecule has 1 aromatic rings. The van der Waals surface area contributed by atoms with Gasteiger partial charge in [-0.25, -0.2) is 13.2 Å². The van der Waals surface area contributed by atoms with Crippen molar-refractivity contribution in [2.24, 2.45) is 0 Å². The van der Waals surface area contributed by atoms with E-state index in [0.717, 1.165) is 0 Å². The van der Waals surface area contributed by atoms with Crippen LogP contribution < -0.4 is 0 Å². The third-order valence-electron chi connectivity index (χ3n) is 2.03. The molecule has 0 saturated heterocycles. The van der Waals surface area contributed by atoms with E-state index in [4.69, 9.17) is 9.84 Å². The summed E-state index contributed by atoms with van der Waals surface area (Å²) in [6.07, 6.45) is -2.26. The molecule has 1 N–H and O–H groups in total. The van der Waals surface area contributed by atoms with E-state index in [1.54, 1.807) is 0 Å². The van der Waals surface area contributed by atoms with Crippen molar-refractivity contribution in [1.29, 1.82) is 0 Å². The smallest absolute Gasteiger partial charge is 0.261 e. The molecule has 0 amide bonds. The second kappa shape index (κ2) is 7.75. The molecule has 1 rings (SSSR count). The summed E-state index contributed by atoms with van der Waals surface area (Å²) in [7, 11) is 0. The van der Waals surface area contributed by atoms with Gasteiger partial charge < -0.3 is 9.84 Å². The van der Waals surface area contributed by atoms with E-state index in [1.807, 2.05) is 0 Å². The van der Waals surface area contributed by atoms with Gasteiger partial charge in [0, 0.05) is 12.0 Å². The molecular formula is C13H13F3O2. The zero-order valence-corrected chi connectivity index (χ0v) is 9.63. The van der Waals surface area contributed by atoms with Gasteiger partial charge in [-0.1, -0.05) is 17.9 Å². The van der Waals surface area contributed by atoms with Gasteiger partial charge in [-0.2, -0.15) is 0 Å². The number of ether oxygens (including phenoxy) is 1. The number of aliphatic hydroxyl groups excluding tert-OH is 1. The first kappa shape index (κ1) is 14.6. The maximum absolute atomic E-state index is 13.0. The lowest BCUT2D eigenvalue weighted by Gasteiger charge is -2.06. The quantitative estimate of drug-likeness (QED) is 0.821. The summed E-state index contributed by atoms with van der Waals surface area (Å²) < 4.78 is 41.6. The number of hydrogen-bond acceptors (Lipinski definition) is 2. The molecule has 0 heterocycles. The predicted octanol–water partition coefficient (Wildman–Crippen LogP) is 2.34. The lowest BCUT2D eigenvalue weighted by atomic mass is 10.1. The van der Waals surface area contributed by atoms with Gasteiger partial charge in [0.2, 0.25) is 0 Å². The average Bonchev–Trinajstić information content (AvgIpc) is 2.32. The van der Waals surface area contributed by atoms with Crippen LogP contribution in [0.3, 0.4) is 0 Å². The van der Waals surface area contributed by atoms with Crippen molar-refractivity contribution in [2.45, 2.75) is 19.5 Å². The Kier molecular flexibility index (Phi) is 6.26. The maximum atomic E-state index is 13.0. The molecular weight excluding hydrogens is 245 g/mol. The van der Waals surface area contributed by atoms with Crippen LogP contribution in [0.1, 0.15) is 17.5 Å². The van der Waals surface area contributed by atoms with Crippen molar-refractivity contribution in [3.8, 4) is 11.8 Å². The minimum Gasteiger partial charge on any atom is -0.395 e. The molecule has 0 unspecified atom stereocenters. The molecule has 0 atom stereocenters. The SMILES string of the molecule is OCCC#Cc1cc(F)ccc1COCC(F)F. The summed E-state index contributed by atoms with van der Waals surface area (Å²) in [4.78, 5) is 0. The average molecular weight is 258 g/mol. The highest BCUT2D eigenvalue weighted by Gasteiger charge is 2.05. The minimum atomic E-state index is -2.53. The van der Waals surface area contributed by atoms with Gasteiger partial charge in [-0.3, -0.25) is 0 Å². The summed E-state index contributed by atoms with van der Waals surface area (Å²) in [5, 5.41) is 8.59. The molecule has 0 aromatic heterocycles. The second-order valence-electron chi connectivity index (χ2n) is 3.48. The van der Waals surface area contributed by atoms with Crippen LogP contribution in [-0.4, -0.2) is 24.7 Å². The Morgan fingerprint density at radius 3 is 2.78 bits per heavy atom. The van der Waals surface area contributed by atoms with Gasteiger partial charge in [0.25, 0.3) is 6.43 Å². The van der Waals surface area contributed by atoms with Gasteiger partial charge in [0.1, 0.15) is 12.4 Å². The Labute approximate surface area is 103 Å². The van der Waals surface area contributed by atoms with Crippen LogP contribution in [0.2, 0.25) is 0 Å². The number of alkyl halides is 2. The van der Waals surface area contributed by atoms with Crippen molar-refractivity contribution in [2.75, 3.05) is 13.2 Å². The zero-order chi connectivity index (χ0) is 13.4. The van der Waals surface area contributed by atoms with Crippen LogP contribution >= 0.6 is 0 Å². The molecule has 0 bridgehead atoms. The van der Waals surface area contributed by atoms with E-state index in [0.29, 0.717) is 11.1 Å². The second-order valence-corrected chi connectivity index (χ2v) is 3.48. The number of hydrogen-bond donors (Lipinski definition) is 1. The third kappa shape index (κ3) is 5.21. The van der Waals surface area contributed by atoms with Crippen LogP contribution in [0.5, 0.6) is 0 Å². The first-order valence-electron chi connectivity index (χ1n) is 5.37. The summed E-state index contributed by atoms with van der Waals surface area (Å²) in [5.41, 5.74) is 0.931. The summed E-state index contributed by atoms with van der Waals surface area (Å²) in [6.45, 7) is -0.797. The van der Waals surface area contributed by atoms with Crippen molar-refractivity contribution in [1.82, 2.24) is 0 Å². The van der Waals surface area contributed by atoms with E-state index in [1.165, 1.54) is 18.2 Å². The third-order valence-corrected chi connectivity index (χ3v) is 2.03. The maximum Gasteiger partial charge on any atom is 0.261 e. The predicted molar refractivity (Wildman–Crippen MR) is 60.6 cm³/mol. The van der Waals surface area contributed by atoms with Crippen molar-refractivity contribution in [3.63, 3.8) is 0 Å². The minimum absolute atomic E-state index is 0.0479. The lowest BCUT2D eigenvalue weighted by Crippen LogP contribution is -2.05. The fourth-order valence-electron chi connectivity index (χ4n) is 1.26. The molecule has 0 aliphatic rings. The Hall–Kier alpha value is -1.51. The summed E-state index contributed by atoms with van der Waals surface area (Å²) in [5.74, 6) is 4.87. The van der Waals surface area contributed by atoms with Crippen LogP contribution in [0.15, 0.2) is 18.2 Å². The van der Waals surface area contributed by atoms with E-state index >= 15 is 0 Å². The first-order chi connectivity index (χ1) is 8.63. The molecule has 18 heavy (non-hydrogen) atoms. The van der Waals surface area contributed by atoms with Crippen LogP contribution in [0.25, 0.3) is 0 Å². The molecule has 0 saturated carbocycles. The van der Waals surface area contributed by atoms with Crippen molar-refractivity contribution in [3.05, 3.63) is 35.1 Å². The van der Waals surface area contributed by atoms with Crippen LogP contribution in [0, 0.1) is 17.7 Å². The summed E-state index contributed by atoms with van der Waals surface area (Å²) >= 11 is 0. The Morgan fingerprint density at radius 1 is 1.33 bits per heavy atom. The molecule has 98 valence electrons. The molecule has 0 fully saturated rings. The molecule has 1 aromatic carbocycles. The molecule has 2 nitrogen and oxygen atoms in total. The first-order valence-corrected chi connectivity index (χ1v) is 5.37. The molecule has 0 spiro atoms. The number of halogens is 3. The monoisotopic (exact) mass is 258 g/mol. The zero-order valence-electron chi connectivity index (χ0n) is 9.63. The Bertz CT molecular complexity index is 436. The van der Waals surface area contributed by atoms with E-state index in [9.17, 15) is 13.2 Å². The van der Waals surface area contributed by atoms with Crippen LogP contribution in [-0.2, 0) is 11.3 Å². The van der Waals surface area contributed by atoms with Gasteiger partial charge >= 0.3 is 0 Å². The van der Waals surface area contributed by atoms with Gasteiger partial charge in [0.05, 0.1) is 13.2 Å². The van der Waals surface area contributed by atoms with Gasteiger partial charge in [-0.05, 0) is 17.7 Å². The molecule has 0 aliphatic carbocycles. The molecule has 5 heteroatoms. The number of benzene rings is 1. The number of aliphatic hydroxyl groups is 1. The fourth-order valence-corrected chi connectivity index (χ4v) is 1.26. The molecule has 0 aliphatic heterocycles. The van der Waals surface area contributed by atoms with E-state index in [-0.39, 0.29) is 19.6 Å². The fraction of sp³-hybridized carbons (Fsp3) is 0.385. The van der Waals surface area contributed by atoms with Crippen molar-refractivity contribution >= 4 is 0 Å². The topological polar surface area (TPSA) is 29.5 Å². The van der Waals surface area contributed by atoms with Gasteiger partial charge in [0.15, 0.2) is 0 Å².